The second-order valence-electron chi connectivity index (χ2n) is 11.0. The van der Waals surface area contributed by atoms with E-state index in [1.165, 1.54) is 16.2 Å². The van der Waals surface area contributed by atoms with E-state index in [0.717, 1.165) is 16.0 Å². The summed E-state index contributed by atoms with van der Waals surface area (Å²) in [6.07, 6.45) is -2.27. The van der Waals surface area contributed by atoms with Crippen LogP contribution in [0.25, 0.3) is 0 Å². The summed E-state index contributed by atoms with van der Waals surface area (Å²) in [7, 11) is 0. The van der Waals surface area contributed by atoms with Crippen LogP contribution in [0.1, 0.15) is 36.3 Å². The average Bonchev–Trinajstić information content (AvgIpc) is 3.55. The fourth-order valence-corrected chi connectivity index (χ4v) is 5.50. The molecule has 0 aliphatic carbocycles. The Morgan fingerprint density at radius 1 is 0.978 bits per heavy atom. The number of rotatable bonds is 17. The first-order chi connectivity index (χ1) is 21.6. The SMILES string of the molecule is CC(C)C(C(N)=O)N(C(=O)OCC(O)CO)C(Cc1ccccc1)CC(O)C(Cc1ccccc1)NC(=O)OCc1cncs1. The Kier molecular flexibility index (Phi) is 14.2. The molecule has 0 aliphatic heterocycles. The molecule has 13 heteroatoms. The number of hydrogen-bond acceptors (Lipinski definition) is 10. The van der Waals surface area contributed by atoms with Crippen LogP contribution in [0, 0.1) is 5.92 Å². The maximum absolute atomic E-state index is 13.6. The van der Waals surface area contributed by atoms with Crippen LogP contribution in [0.4, 0.5) is 9.59 Å². The van der Waals surface area contributed by atoms with Crippen molar-refractivity contribution in [2.45, 2.75) is 70.1 Å². The molecule has 6 N–H and O–H groups in total. The smallest absolute Gasteiger partial charge is 0.410 e. The Balaban J connectivity index is 1.94. The predicted molar refractivity (Wildman–Crippen MR) is 168 cm³/mol. The average molecular weight is 643 g/mol. The first-order valence-corrected chi connectivity index (χ1v) is 15.6. The van der Waals surface area contributed by atoms with Gasteiger partial charge in [-0.3, -0.25) is 14.7 Å². The molecular weight excluding hydrogens is 600 g/mol. The number of amides is 3. The molecule has 0 fully saturated rings. The molecule has 5 unspecified atom stereocenters. The van der Waals surface area contributed by atoms with Gasteiger partial charge in [0.2, 0.25) is 5.91 Å². The van der Waals surface area contributed by atoms with E-state index in [0.29, 0.717) is 0 Å². The Hall–Kier alpha value is -4.04. The van der Waals surface area contributed by atoms with Gasteiger partial charge in [-0.1, -0.05) is 74.5 Å². The number of carbonyl (C=O) groups excluding carboxylic acids is 3. The van der Waals surface area contributed by atoms with Crippen molar-refractivity contribution in [3.8, 4) is 0 Å². The van der Waals surface area contributed by atoms with E-state index in [2.05, 4.69) is 10.3 Å². The maximum atomic E-state index is 13.6. The van der Waals surface area contributed by atoms with Crippen molar-refractivity contribution in [3.63, 3.8) is 0 Å². The molecule has 45 heavy (non-hydrogen) atoms. The third kappa shape index (κ3) is 11.4. The Morgan fingerprint density at radius 2 is 1.60 bits per heavy atom. The summed E-state index contributed by atoms with van der Waals surface area (Å²) in [4.78, 5) is 45.2. The van der Waals surface area contributed by atoms with E-state index in [-0.39, 0.29) is 25.9 Å². The standard InChI is InChI=1S/C32H42N4O8S/c1-21(2)29(30(33)40)36(32(42)44-18-25(38)17-37)24(13-22-9-5-3-6-10-22)15-28(39)27(14-23-11-7-4-8-12-23)35-31(41)43-19-26-16-34-20-45-26/h3-12,16,20-21,24-25,27-29,37-39H,13-15,17-19H2,1-2H3,(H2,33,40)(H,35,41). The highest BCUT2D eigenvalue weighted by molar-refractivity contribution is 7.09. The molecule has 12 nitrogen and oxygen atoms in total. The van der Waals surface area contributed by atoms with Crippen LogP contribution in [0.3, 0.4) is 0 Å². The zero-order valence-electron chi connectivity index (χ0n) is 25.4. The second kappa shape index (κ2) is 18.1. The van der Waals surface area contributed by atoms with Gasteiger partial charge >= 0.3 is 12.2 Å². The first kappa shape index (κ1) is 35.4. The maximum Gasteiger partial charge on any atom is 0.410 e. The number of alkyl carbamates (subject to hydrolysis) is 1. The largest absolute Gasteiger partial charge is 0.447 e. The lowest BCUT2D eigenvalue weighted by atomic mass is 9.90. The Bertz CT molecular complexity index is 1310. The van der Waals surface area contributed by atoms with Crippen LogP contribution in [-0.4, -0.2) is 86.8 Å². The van der Waals surface area contributed by atoms with Crippen molar-refractivity contribution in [3.05, 3.63) is 88.4 Å². The number of carbonyl (C=O) groups is 3. The van der Waals surface area contributed by atoms with Gasteiger partial charge in [0.05, 0.1) is 29.1 Å². The normalized spacial score (nSPS) is 14.5. The van der Waals surface area contributed by atoms with E-state index < -0.39 is 67.6 Å². The van der Waals surface area contributed by atoms with Gasteiger partial charge in [0.15, 0.2) is 0 Å². The number of aliphatic hydroxyl groups is 3. The van der Waals surface area contributed by atoms with Crippen LogP contribution in [0.5, 0.6) is 0 Å². The number of nitrogens with one attached hydrogen (secondary N) is 1. The molecule has 3 aromatic rings. The number of nitrogens with zero attached hydrogens (tertiary/aromatic N) is 2. The molecule has 2 aromatic carbocycles. The van der Waals surface area contributed by atoms with Gasteiger partial charge in [-0.2, -0.15) is 0 Å². The van der Waals surface area contributed by atoms with Crippen molar-refractivity contribution in [2.24, 2.45) is 11.7 Å². The highest BCUT2D eigenvalue weighted by Crippen LogP contribution is 2.24. The molecule has 0 saturated carbocycles. The van der Waals surface area contributed by atoms with E-state index >= 15 is 0 Å². The second-order valence-corrected chi connectivity index (χ2v) is 12.0. The molecule has 0 aliphatic rings. The lowest BCUT2D eigenvalue weighted by molar-refractivity contribution is -0.125. The van der Waals surface area contributed by atoms with Gasteiger partial charge in [0, 0.05) is 12.2 Å². The van der Waals surface area contributed by atoms with Crippen molar-refractivity contribution in [1.29, 1.82) is 0 Å². The molecule has 0 bridgehead atoms. The summed E-state index contributed by atoms with van der Waals surface area (Å²) in [6.45, 7) is 2.32. The van der Waals surface area contributed by atoms with Crippen LogP contribution in [-0.2, 0) is 33.7 Å². The summed E-state index contributed by atoms with van der Waals surface area (Å²) in [5.74, 6) is -1.21. The molecule has 0 radical (unpaired) electrons. The number of aromatic nitrogens is 1. The monoisotopic (exact) mass is 642 g/mol. The molecule has 1 aromatic heterocycles. The van der Waals surface area contributed by atoms with Crippen molar-refractivity contribution in [1.82, 2.24) is 15.2 Å². The van der Waals surface area contributed by atoms with Gasteiger partial charge in [-0.05, 0) is 36.3 Å². The number of benzene rings is 2. The minimum absolute atomic E-state index is 0.00920. The summed E-state index contributed by atoms with van der Waals surface area (Å²) < 4.78 is 10.7. The Morgan fingerprint density at radius 3 is 2.13 bits per heavy atom. The fourth-order valence-electron chi connectivity index (χ4n) is 4.99. The van der Waals surface area contributed by atoms with E-state index in [4.69, 9.17) is 15.2 Å². The molecular formula is C32H42N4O8S. The third-order valence-electron chi connectivity index (χ3n) is 7.16. The highest BCUT2D eigenvalue weighted by atomic mass is 32.1. The first-order valence-electron chi connectivity index (χ1n) is 14.7. The van der Waals surface area contributed by atoms with Gasteiger partial charge in [0.25, 0.3) is 0 Å². The number of hydrogen-bond donors (Lipinski definition) is 5. The molecule has 0 spiro atoms. The molecule has 244 valence electrons. The molecule has 0 saturated heterocycles. The van der Waals surface area contributed by atoms with Crippen LogP contribution < -0.4 is 11.1 Å². The number of primary amides is 1. The van der Waals surface area contributed by atoms with E-state index in [1.54, 1.807) is 25.6 Å². The van der Waals surface area contributed by atoms with Gasteiger partial charge < -0.3 is 35.8 Å². The van der Waals surface area contributed by atoms with Gasteiger partial charge in [-0.25, -0.2) is 9.59 Å². The predicted octanol–water partition coefficient (Wildman–Crippen LogP) is 2.64. The van der Waals surface area contributed by atoms with Gasteiger partial charge in [-0.15, -0.1) is 11.3 Å². The minimum atomic E-state index is -1.32. The zero-order chi connectivity index (χ0) is 32.8. The lowest BCUT2D eigenvalue weighted by Gasteiger charge is -2.39. The number of aliphatic hydroxyl groups excluding tert-OH is 3. The molecule has 5 atom stereocenters. The Labute approximate surface area is 266 Å². The summed E-state index contributed by atoms with van der Waals surface area (Å²) in [6, 6.07) is 15.7. The lowest BCUT2D eigenvalue weighted by Crippen LogP contribution is -2.58. The third-order valence-corrected chi connectivity index (χ3v) is 7.91. The molecule has 1 heterocycles. The fraction of sp³-hybridized carbons (Fsp3) is 0.438. The van der Waals surface area contributed by atoms with Gasteiger partial charge in [0.1, 0.15) is 25.4 Å². The van der Waals surface area contributed by atoms with Crippen LogP contribution >= 0.6 is 11.3 Å². The van der Waals surface area contributed by atoms with Crippen LogP contribution in [0.15, 0.2) is 72.4 Å². The van der Waals surface area contributed by atoms with Crippen molar-refractivity contribution in [2.75, 3.05) is 13.2 Å². The minimum Gasteiger partial charge on any atom is -0.447 e. The summed E-state index contributed by atoms with van der Waals surface area (Å²) >= 11 is 1.34. The van der Waals surface area contributed by atoms with E-state index in [9.17, 15) is 29.7 Å². The zero-order valence-corrected chi connectivity index (χ0v) is 26.2. The number of nitrogens with two attached hydrogens (primary N) is 1. The quantitative estimate of drug-likeness (QED) is 0.148. The van der Waals surface area contributed by atoms with Crippen LogP contribution in [0.2, 0.25) is 0 Å². The number of thiazole rings is 1. The number of ether oxygens (including phenoxy) is 2. The summed E-state index contributed by atoms with van der Waals surface area (Å²) in [5, 5.41) is 33.6. The molecule has 3 amide bonds. The summed E-state index contributed by atoms with van der Waals surface area (Å²) in [5.41, 5.74) is 9.09. The van der Waals surface area contributed by atoms with Crippen molar-refractivity contribution < 1.29 is 39.2 Å². The molecule has 3 rings (SSSR count). The highest BCUT2D eigenvalue weighted by Gasteiger charge is 2.39. The van der Waals surface area contributed by atoms with E-state index in [1.807, 2.05) is 60.7 Å². The topological polar surface area (TPSA) is 185 Å². The van der Waals surface area contributed by atoms with Crippen molar-refractivity contribution >= 4 is 29.4 Å².